The third kappa shape index (κ3) is 4.60. The summed E-state index contributed by atoms with van der Waals surface area (Å²) in [7, 11) is 0. The fourth-order valence-corrected chi connectivity index (χ4v) is 11.4. The van der Waals surface area contributed by atoms with Gasteiger partial charge in [0.2, 0.25) is 0 Å². The predicted molar refractivity (Wildman–Crippen MR) is 273 cm³/mol. The summed E-state index contributed by atoms with van der Waals surface area (Å²) >= 11 is 0. The molecule has 0 amide bonds. The van der Waals surface area contributed by atoms with E-state index >= 15 is 0 Å². The zero-order chi connectivity index (χ0) is 42.3. The zero-order valence-electron chi connectivity index (χ0n) is 35.1. The van der Waals surface area contributed by atoms with Gasteiger partial charge in [-0.15, -0.1) is 0 Å². The first-order valence-electron chi connectivity index (χ1n) is 22.4. The number of nitrogens with zero attached hydrogens (tertiary/aromatic N) is 5. The minimum atomic E-state index is 1.08. The lowest BCUT2D eigenvalue weighted by Crippen LogP contribution is -2.01. The second kappa shape index (κ2) is 12.9. The lowest BCUT2D eigenvalue weighted by atomic mass is 10.1. The SMILES string of the molecule is c1ccc2c(c1)c1ccccc1n2-c1ccc(-n2c3ccccc3n3c4ccccc4c4ccc5c6cc(-n7c8ccccc8c8ccccc87)ccc6n(c6ccccc62)c5c43)cc1. The van der Waals surface area contributed by atoms with Gasteiger partial charge in [0.1, 0.15) is 0 Å². The molecule has 0 aliphatic heterocycles. The average Bonchev–Trinajstić information content (AvgIpc) is 4.10. The molecule has 5 nitrogen and oxygen atoms in total. The van der Waals surface area contributed by atoms with Gasteiger partial charge in [0.15, 0.2) is 0 Å². The van der Waals surface area contributed by atoms with Crippen LogP contribution in [-0.2, 0) is 0 Å². The Kier molecular flexibility index (Phi) is 6.89. The highest BCUT2D eigenvalue weighted by molar-refractivity contribution is 6.24. The van der Waals surface area contributed by atoms with Crippen LogP contribution in [0.15, 0.2) is 224 Å². The maximum atomic E-state index is 2.54. The second-order valence-electron chi connectivity index (χ2n) is 17.3. The van der Waals surface area contributed by atoms with Crippen molar-refractivity contribution in [2.24, 2.45) is 0 Å². The summed E-state index contributed by atoms with van der Waals surface area (Å²) in [6, 6.07) is 82.7. The van der Waals surface area contributed by atoms with Crippen LogP contribution in [0.2, 0.25) is 0 Å². The molecule has 0 unspecified atom stereocenters. The van der Waals surface area contributed by atoms with E-state index in [1.54, 1.807) is 0 Å². The normalized spacial score (nSPS) is 12.3. The molecule has 0 N–H and O–H groups in total. The third-order valence-corrected chi connectivity index (χ3v) is 14.1. The van der Waals surface area contributed by atoms with Gasteiger partial charge in [-0.2, -0.15) is 0 Å². The Morgan fingerprint density at radius 3 is 0.923 bits per heavy atom. The van der Waals surface area contributed by atoms with Gasteiger partial charge in [0.25, 0.3) is 0 Å². The van der Waals surface area contributed by atoms with Crippen molar-refractivity contribution in [2.75, 3.05) is 0 Å². The molecular formula is C60H37N5. The molecule has 15 rings (SSSR count). The van der Waals surface area contributed by atoms with E-state index < -0.39 is 0 Å². The fraction of sp³-hybridized carbons (Fsp3) is 0. The van der Waals surface area contributed by atoms with Crippen LogP contribution in [0.1, 0.15) is 0 Å². The molecule has 0 saturated carbocycles. The molecule has 10 aromatic carbocycles. The Labute approximate surface area is 371 Å². The second-order valence-corrected chi connectivity index (χ2v) is 17.3. The van der Waals surface area contributed by atoms with Crippen LogP contribution in [0, 0.1) is 0 Å². The Morgan fingerprint density at radius 2 is 0.477 bits per heavy atom. The molecule has 0 saturated heterocycles. The molecule has 5 heterocycles. The van der Waals surface area contributed by atoms with E-state index in [0.717, 1.165) is 44.6 Å². The molecule has 0 aliphatic carbocycles. The number of hydrogen-bond donors (Lipinski definition) is 0. The summed E-state index contributed by atoms with van der Waals surface area (Å²) in [5, 5.41) is 9.93. The van der Waals surface area contributed by atoms with Crippen LogP contribution >= 0.6 is 0 Å². The van der Waals surface area contributed by atoms with Crippen LogP contribution in [0.4, 0.5) is 0 Å². The standard InChI is InChI=1S/C60H37N5/c1-6-20-49-41(15-1)42-16-2-7-21-50(42)61(49)38-29-31-39(32-30-38)62-55-25-11-13-27-57(55)64-53-24-10-5-19-45(53)46-34-35-47-48-37-40(63-51-22-8-3-17-43(51)44-18-4-9-23-52(44)63)33-36-54(48)65(60(47)59(46)64)58-28-14-12-26-56(58)62/h1-37H. The van der Waals surface area contributed by atoms with Crippen molar-refractivity contribution in [3.8, 4) is 17.1 Å². The minimum absolute atomic E-state index is 1.08. The van der Waals surface area contributed by atoms with Crippen LogP contribution in [0.3, 0.4) is 0 Å². The molecule has 302 valence electrons. The van der Waals surface area contributed by atoms with Crippen molar-refractivity contribution in [1.82, 2.24) is 22.5 Å². The van der Waals surface area contributed by atoms with Gasteiger partial charge in [-0.3, -0.25) is 0 Å². The van der Waals surface area contributed by atoms with Crippen LogP contribution in [-0.4, -0.2) is 22.5 Å². The van der Waals surface area contributed by atoms with E-state index in [4.69, 9.17) is 0 Å². The zero-order valence-corrected chi connectivity index (χ0v) is 35.1. The van der Waals surface area contributed by atoms with Crippen molar-refractivity contribution >= 4 is 109 Å². The highest BCUT2D eigenvalue weighted by Gasteiger charge is 2.22. The van der Waals surface area contributed by atoms with Gasteiger partial charge in [-0.05, 0) is 97.1 Å². The molecule has 5 aromatic heterocycles. The molecule has 0 fully saturated rings. The van der Waals surface area contributed by atoms with Crippen molar-refractivity contribution in [3.05, 3.63) is 224 Å². The summed E-state index contributed by atoms with van der Waals surface area (Å²) in [6.45, 7) is 0. The van der Waals surface area contributed by atoms with E-state index in [1.165, 1.54) is 81.7 Å². The summed E-state index contributed by atoms with van der Waals surface area (Å²) < 4.78 is 12.4. The van der Waals surface area contributed by atoms with Gasteiger partial charge in [0.05, 0.1) is 66.2 Å². The number of hydrogen-bond acceptors (Lipinski definition) is 0. The summed E-state index contributed by atoms with van der Waals surface area (Å²) in [5.41, 5.74) is 17.3. The van der Waals surface area contributed by atoms with Crippen molar-refractivity contribution in [3.63, 3.8) is 0 Å². The van der Waals surface area contributed by atoms with Gasteiger partial charge >= 0.3 is 0 Å². The smallest absolute Gasteiger partial charge is 0.0789 e. The molecule has 0 aliphatic rings. The van der Waals surface area contributed by atoms with Crippen molar-refractivity contribution < 1.29 is 0 Å². The Bertz CT molecular complexity index is 4420. The van der Waals surface area contributed by atoms with E-state index in [0.29, 0.717) is 0 Å². The summed E-state index contributed by atoms with van der Waals surface area (Å²) in [6.07, 6.45) is 0. The molecule has 65 heavy (non-hydrogen) atoms. The van der Waals surface area contributed by atoms with Gasteiger partial charge in [-0.25, -0.2) is 0 Å². The molecular weight excluding hydrogens is 791 g/mol. The number of para-hydroxylation sites is 9. The summed E-state index contributed by atoms with van der Waals surface area (Å²) in [5.74, 6) is 0. The molecule has 15 aromatic rings. The lowest BCUT2D eigenvalue weighted by Gasteiger charge is -2.15. The van der Waals surface area contributed by atoms with Crippen molar-refractivity contribution in [2.45, 2.75) is 0 Å². The largest absolute Gasteiger partial charge is 0.309 e. The van der Waals surface area contributed by atoms with Gasteiger partial charge in [-0.1, -0.05) is 127 Å². The van der Waals surface area contributed by atoms with E-state index in [9.17, 15) is 0 Å². The maximum Gasteiger partial charge on any atom is 0.0789 e. The highest BCUT2D eigenvalue weighted by Crippen LogP contribution is 2.43. The van der Waals surface area contributed by atoms with E-state index in [-0.39, 0.29) is 0 Å². The minimum Gasteiger partial charge on any atom is -0.309 e. The topological polar surface area (TPSA) is 23.6 Å². The number of benzene rings is 10. The highest BCUT2D eigenvalue weighted by atomic mass is 15.1. The maximum absolute atomic E-state index is 2.54. The first-order chi connectivity index (χ1) is 32.3. The van der Waals surface area contributed by atoms with E-state index in [1.807, 2.05) is 0 Å². The van der Waals surface area contributed by atoms with Gasteiger partial charge in [0, 0.05) is 60.2 Å². The average molecular weight is 828 g/mol. The molecule has 0 atom stereocenters. The Morgan fingerprint density at radius 1 is 0.185 bits per heavy atom. The predicted octanol–water partition coefficient (Wildman–Crippen LogP) is 15.5. The van der Waals surface area contributed by atoms with E-state index in [2.05, 4.69) is 247 Å². The number of aromatic nitrogens is 5. The third-order valence-electron chi connectivity index (χ3n) is 14.1. The Balaban J connectivity index is 1.10. The molecule has 0 radical (unpaired) electrons. The number of rotatable bonds is 3. The summed E-state index contributed by atoms with van der Waals surface area (Å²) in [4.78, 5) is 0. The number of fused-ring (bicyclic) bond motifs is 16. The monoisotopic (exact) mass is 827 g/mol. The fourth-order valence-electron chi connectivity index (χ4n) is 11.4. The van der Waals surface area contributed by atoms with Gasteiger partial charge < -0.3 is 22.5 Å². The first kappa shape index (κ1) is 34.7. The molecule has 5 heteroatoms. The first-order valence-corrected chi connectivity index (χ1v) is 22.4. The Hall–Kier alpha value is -8.80. The van der Waals surface area contributed by atoms with Crippen LogP contribution < -0.4 is 0 Å². The molecule has 0 bridgehead atoms. The van der Waals surface area contributed by atoms with Crippen molar-refractivity contribution in [1.29, 1.82) is 0 Å². The quantitative estimate of drug-likeness (QED) is 0.169. The van der Waals surface area contributed by atoms with Crippen LogP contribution in [0.5, 0.6) is 0 Å². The lowest BCUT2D eigenvalue weighted by molar-refractivity contribution is 1.13. The molecule has 0 spiro atoms. The van der Waals surface area contributed by atoms with Crippen LogP contribution in [0.25, 0.3) is 126 Å².